The molecule has 8 nitrogen and oxygen atoms in total. The van der Waals surface area contributed by atoms with Crippen LogP contribution in [0.4, 0.5) is 0 Å². The van der Waals surface area contributed by atoms with Gasteiger partial charge in [0.2, 0.25) is 5.91 Å². The molecular weight excluding hydrogens is 348 g/mol. The van der Waals surface area contributed by atoms with E-state index in [0.717, 1.165) is 25.7 Å². The van der Waals surface area contributed by atoms with Gasteiger partial charge in [-0.15, -0.1) is 0 Å². The molecule has 27 heavy (non-hydrogen) atoms. The van der Waals surface area contributed by atoms with Crippen LogP contribution in [-0.4, -0.2) is 44.3 Å². The van der Waals surface area contributed by atoms with E-state index in [9.17, 15) is 14.4 Å². The number of rotatable bonds is 9. The van der Waals surface area contributed by atoms with Crippen molar-refractivity contribution in [2.45, 2.75) is 83.3 Å². The topological polar surface area (TPSA) is 113 Å². The Bertz CT molecular complexity index is 660. The second-order valence-corrected chi connectivity index (χ2v) is 7.34. The predicted octanol–water partition coefficient (Wildman–Crippen LogP) is 2.10. The first kappa shape index (κ1) is 20.9. The molecule has 150 valence electrons. The Labute approximate surface area is 159 Å². The summed E-state index contributed by atoms with van der Waals surface area (Å²) in [7, 11) is 0. The Hall–Kier alpha value is -2.38. The lowest BCUT2D eigenvalue weighted by Gasteiger charge is -2.31. The van der Waals surface area contributed by atoms with E-state index in [-0.39, 0.29) is 30.8 Å². The second-order valence-electron chi connectivity index (χ2n) is 7.34. The van der Waals surface area contributed by atoms with Crippen LogP contribution in [0.2, 0.25) is 0 Å². The molecule has 1 heterocycles. The lowest BCUT2D eigenvalue weighted by Crippen LogP contribution is -2.49. The van der Waals surface area contributed by atoms with Gasteiger partial charge in [-0.05, 0) is 25.7 Å². The highest BCUT2D eigenvalue weighted by atomic mass is 16.4. The lowest BCUT2D eigenvalue weighted by atomic mass is 9.88. The second kappa shape index (κ2) is 9.53. The van der Waals surface area contributed by atoms with Crippen LogP contribution in [0, 0.1) is 0 Å². The van der Waals surface area contributed by atoms with Crippen molar-refractivity contribution in [1.82, 2.24) is 20.4 Å². The highest BCUT2D eigenvalue weighted by Gasteiger charge is 2.31. The van der Waals surface area contributed by atoms with Crippen molar-refractivity contribution >= 4 is 17.8 Å². The van der Waals surface area contributed by atoms with Crippen molar-refractivity contribution < 1.29 is 19.5 Å². The van der Waals surface area contributed by atoms with Crippen molar-refractivity contribution in [3.63, 3.8) is 0 Å². The zero-order valence-corrected chi connectivity index (χ0v) is 16.2. The SMILES string of the molecule is CCC(CC)(CC(=O)O)NC(=O)c1cnn(CC(=O)NC2CCCCC2)c1. The summed E-state index contributed by atoms with van der Waals surface area (Å²) in [6, 6.07) is 0.232. The average Bonchev–Trinajstić information content (AvgIpc) is 3.10. The first-order valence-corrected chi connectivity index (χ1v) is 9.73. The minimum Gasteiger partial charge on any atom is -0.481 e. The largest absolute Gasteiger partial charge is 0.481 e. The summed E-state index contributed by atoms with van der Waals surface area (Å²) in [5.74, 6) is -1.44. The molecule has 1 aliphatic carbocycles. The summed E-state index contributed by atoms with van der Waals surface area (Å²) >= 11 is 0. The molecule has 0 unspecified atom stereocenters. The summed E-state index contributed by atoms with van der Waals surface area (Å²) in [6.07, 6.45) is 9.35. The standard InChI is InChI=1S/C19H30N4O4/c1-3-19(4-2,10-17(25)26)22-18(27)14-11-20-23(12-14)13-16(24)21-15-8-6-5-7-9-15/h11-12,15H,3-10,13H2,1-2H3,(H,21,24)(H,22,27)(H,25,26). The first-order chi connectivity index (χ1) is 12.9. The third kappa shape index (κ3) is 6.08. The average molecular weight is 378 g/mol. The molecule has 0 spiro atoms. The van der Waals surface area contributed by atoms with Crippen LogP contribution < -0.4 is 10.6 Å². The van der Waals surface area contributed by atoms with Gasteiger partial charge < -0.3 is 15.7 Å². The summed E-state index contributed by atoms with van der Waals surface area (Å²) in [5, 5.41) is 19.1. The van der Waals surface area contributed by atoms with Crippen LogP contribution in [0.3, 0.4) is 0 Å². The number of aliphatic carboxylic acids is 1. The predicted molar refractivity (Wildman–Crippen MR) is 100 cm³/mol. The van der Waals surface area contributed by atoms with Crippen LogP contribution in [0.5, 0.6) is 0 Å². The number of amides is 2. The Balaban J connectivity index is 1.94. The molecule has 2 amide bonds. The zero-order chi connectivity index (χ0) is 19.9. The van der Waals surface area contributed by atoms with Crippen LogP contribution in [0.15, 0.2) is 12.4 Å². The molecule has 0 aliphatic heterocycles. The van der Waals surface area contributed by atoms with Gasteiger partial charge in [0.1, 0.15) is 6.54 Å². The number of nitrogens with one attached hydrogen (secondary N) is 2. The van der Waals surface area contributed by atoms with E-state index in [1.54, 1.807) is 0 Å². The van der Waals surface area contributed by atoms with Gasteiger partial charge >= 0.3 is 5.97 Å². The number of nitrogens with zero attached hydrogens (tertiary/aromatic N) is 2. The monoisotopic (exact) mass is 378 g/mol. The summed E-state index contributed by atoms with van der Waals surface area (Å²) in [4.78, 5) is 35.8. The Morgan fingerprint density at radius 3 is 2.48 bits per heavy atom. The molecule has 0 bridgehead atoms. The minimum atomic E-state index is -0.950. The number of hydrogen-bond acceptors (Lipinski definition) is 4. The van der Waals surface area contributed by atoms with E-state index in [0.29, 0.717) is 18.4 Å². The molecule has 0 atom stereocenters. The molecule has 1 fully saturated rings. The zero-order valence-electron chi connectivity index (χ0n) is 16.2. The molecule has 1 aliphatic rings. The number of aromatic nitrogens is 2. The molecular formula is C19H30N4O4. The van der Waals surface area contributed by atoms with E-state index in [1.165, 1.54) is 23.5 Å². The Morgan fingerprint density at radius 2 is 1.89 bits per heavy atom. The number of carbonyl (C=O) groups excluding carboxylic acids is 2. The van der Waals surface area contributed by atoms with Crippen LogP contribution in [0.1, 0.15) is 75.6 Å². The van der Waals surface area contributed by atoms with E-state index < -0.39 is 11.5 Å². The Kier molecular flexibility index (Phi) is 7.38. The molecule has 0 aromatic carbocycles. The van der Waals surface area contributed by atoms with Crippen LogP contribution in [0.25, 0.3) is 0 Å². The molecule has 1 aromatic heterocycles. The maximum absolute atomic E-state index is 12.5. The van der Waals surface area contributed by atoms with Crippen molar-refractivity contribution in [3.05, 3.63) is 18.0 Å². The summed E-state index contributed by atoms with van der Waals surface area (Å²) in [5.41, 5.74) is -0.472. The third-order valence-electron chi connectivity index (χ3n) is 5.39. The van der Waals surface area contributed by atoms with Crippen molar-refractivity contribution in [2.24, 2.45) is 0 Å². The van der Waals surface area contributed by atoms with Gasteiger partial charge in [-0.25, -0.2) is 0 Å². The van der Waals surface area contributed by atoms with E-state index >= 15 is 0 Å². The fraction of sp³-hybridized carbons (Fsp3) is 0.684. The quantitative estimate of drug-likeness (QED) is 0.609. The van der Waals surface area contributed by atoms with Gasteiger partial charge in [0.25, 0.3) is 5.91 Å². The molecule has 2 rings (SSSR count). The highest BCUT2D eigenvalue weighted by molar-refractivity contribution is 5.94. The Morgan fingerprint density at radius 1 is 1.22 bits per heavy atom. The van der Waals surface area contributed by atoms with Gasteiger partial charge in [-0.3, -0.25) is 19.1 Å². The van der Waals surface area contributed by atoms with Crippen LogP contribution in [-0.2, 0) is 16.1 Å². The normalized spacial score (nSPS) is 15.3. The van der Waals surface area contributed by atoms with Gasteiger partial charge in [0.15, 0.2) is 0 Å². The molecule has 8 heteroatoms. The summed E-state index contributed by atoms with van der Waals surface area (Å²) < 4.78 is 1.43. The number of carbonyl (C=O) groups is 3. The maximum atomic E-state index is 12.5. The van der Waals surface area contributed by atoms with E-state index in [4.69, 9.17) is 5.11 Å². The van der Waals surface area contributed by atoms with E-state index in [2.05, 4.69) is 15.7 Å². The van der Waals surface area contributed by atoms with Crippen molar-refractivity contribution in [2.75, 3.05) is 0 Å². The maximum Gasteiger partial charge on any atom is 0.305 e. The smallest absolute Gasteiger partial charge is 0.305 e. The van der Waals surface area contributed by atoms with Gasteiger partial charge in [0, 0.05) is 12.2 Å². The van der Waals surface area contributed by atoms with Gasteiger partial charge in [-0.2, -0.15) is 5.10 Å². The highest BCUT2D eigenvalue weighted by Crippen LogP contribution is 2.21. The molecule has 1 saturated carbocycles. The van der Waals surface area contributed by atoms with Gasteiger partial charge in [-0.1, -0.05) is 33.1 Å². The summed E-state index contributed by atoms with van der Waals surface area (Å²) in [6.45, 7) is 3.77. The molecule has 0 saturated heterocycles. The molecule has 3 N–H and O–H groups in total. The lowest BCUT2D eigenvalue weighted by molar-refractivity contribution is -0.138. The number of hydrogen-bond donors (Lipinski definition) is 3. The fourth-order valence-corrected chi connectivity index (χ4v) is 3.56. The van der Waals surface area contributed by atoms with Crippen molar-refractivity contribution in [3.8, 4) is 0 Å². The minimum absolute atomic E-state index is 0.0611. The number of carboxylic acids is 1. The first-order valence-electron chi connectivity index (χ1n) is 9.73. The van der Waals surface area contributed by atoms with Crippen molar-refractivity contribution in [1.29, 1.82) is 0 Å². The van der Waals surface area contributed by atoms with Crippen LogP contribution >= 0.6 is 0 Å². The number of carboxylic acid groups (broad SMARTS) is 1. The molecule has 1 aromatic rings. The molecule has 0 radical (unpaired) electrons. The van der Waals surface area contributed by atoms with Gasteiger partial charge in [0.05, 0.1) is 23.7 Å². The van der Waals surface area contributed by atoms with E-state index in [1.807, 2.05) is 13.8 Å². The third-order valence-corrected chi connectivity index (χ3v) is 5.39. The fourth-order valence-electron chi connectivity index (χ4n) is 3.56.